The fraction of sp³-hybridized carbons (Fsp3) is 0.600. The van der Waals surface area contributed by atoms with Crippen molar-refractivity contribution in [2.45, 2.75) is 51.6 Å². The number of likely N-dealkylation sites (tertiary alicyclic amines) is 1. The Balaban J connectivity index is 1.44. The minimum atomic E-state index is -0.684. The van der Waals surface area contributed by atoms with E-state index in [0.717, 1.165) is 12.2 Å². The second-order valence-corrected chi connectivity index (χ2v) is 8.93. The van der Waals surface area contributed by atoms with E-state index < -0.39 is 12.0 Å². The Morgan fingerprint density at radius 3 is 2.57 bits per heavy atom. The van der Waals surface area contributed by atoms with Crippen LogP contribution >= 0.6 is 0 Å². The van der Waals surface area contributed by atoms with E-state index in [0.29, 0.717) is 39.2 Å². The van der Waals surface area contributed by atoms with E-state index in [1.54, 1.807) is 11.8 Å². The van der Waals surface area contributed by atoms with Gasteiger partial charge in [0.1, 0.15) is 11.8 Å². The topological polar surface area (TPSA) is 123 Å². The van der Waals surface area contributed by atoms with Crippen molar-refractivity contribution in [1.82, 2.24) is 15.5 Å². The Morgan fingerprint density at radius 1 is 1.09 bits per heavy atom. The highest BCUT2D eigenvalue weighted by molar-refractivity contribution is 5.90. The normalized spacial score (nSPS) is 22.2. The highest BCUT2D eigenvalue weighted by Gasteiger charge is 2.67. The summed E-state index contributed by atoms with van der Waals surface area (Å²) in [6.45, 7) is 4.77. The first kappa shape index (κ1) is 26.5. The van der Waals surface area contributed by atoms with E-state index in [-0.39, 0.29) is 48.8 Å². The molecule has 1 aliphatic carbocycles. The van der Waals surface area contributed by atoms with E-state index >= 15 is 0 Å². The lowest BCUT2D eigenvalue weighted by Gasteiger charge is -2.26. The second-order valence-electron chi connectivity index (χ2n) is 8.93. The second kappa shape index (κ2) is 12.5. The van der Waals surface area contributed by atoms with Crippen LogP contribution in [0.15, 0.2) is 30.3 Å². The summed E-state index contributed by atoms with van der Waals surface area (Å²) in [7, 11) is 0. The molecule has 0 aromatic heterocycles. The number of ether oxygens (including phenoxy) is 3. The van der Waals surface area contributed by atoms with Crippen LogP contribution in [0.4, 0.5) is 0 Å². The van der Waals surface area contributed by atoms with Gasteiger partial charge in [0.15, 0.2) is 0 Å². The molecule has 2 aliphatic rings. The van der Waals surface area contributed by atoms with Crippen molar-refractivity contribution in [3.8, 4) is 5.75 Å². The summed E-state index contributed by atoms with van der Waals surface area (Å²) in [5, 5.41) is 5.33. The third-order valence-corrected chi connectivity index (χ3v) is 6.27. The summed E-state index contributed by atoms with van der Waals surface area (Å²) < 4.78 is 16.5. The fourth-order valence-corrected chi connectivity index (χ4v) is 4.50. The minimum absolute atomic E-state index is 0.123. The van der Waals surface area contributed by atoms with Crippen molar-refractivity contribution >= 4 is 23.7 Å². The molecule has 10 heteroatoms. The number of fused-ring (bicyclic) bond motifs is 1. The maximum Gasteiger partial charge on any atom is 0.328 e. The van der Waals surface area contributed by atoms with Crippen molar-refractivity contribution in [3.63, 3.8) is 0 Å². The van der Waals surface area contributed by atoms with Gasteiger partial charge in [-0.2, -0.15) is 0 Å². The van der Waals surface area contributed by atoms with Crippen molar-refractivity contribution in [3.05, 3.63) is 30.3 Å². The molecule has 0 spiro atoms. The van der Waals surface area contributed by atoms with Gasteiger partial charge in [-0.05, 0) is 38.3 Å². The number of rotatable bonds is 14. The highest BCUT2D eigenvalue weighted by atomic mass is 16.5. The lowest BCUT2D eigenvalue weighted by atomic mass is 10.0. The largest absolute Gasteiger partial charge is 0.494 e. The molecule has 3 rings (SSSR count). The molecule has 3 atom stereocenters. The maximum atomic E-state index is 13.0. The van der Waals surface area contributed by atoms with Crippen LogP contribution in [0, 0.1) is 5.41 Å². The summed E-state index contributed by atoms with van der Waals surface area (Å²) in [6.07, 6.45) is 1.95. The number of esters is 1. The third-order valence-electron chi connectivity index (χ3n) is 6.27. The van der Waals surface area contributed by atoms with Crippen LogP contribution in [0.25, 0.3) is 0 Å². The van der Waals surface area contributed by atoms with Gasteiger partial charge in [-0.3, -0.25) is 14.4 Å². The first-order chi connectivity index (χ1) is 16.9. The predicted molar refractivity (Wildman–Crippen MR) is 126 cm³/mol. The number of benzene rings is 1. The highest BCUT2D eigenvalue weighted by Crippen LogP contribution is 2.59. The Hall–Kier alpha value is -3.14. The number of hydrogen-bond donors (Lipinski definition) is 2. The molecule has 10 nitrogen and oxygen atoms in total. The SMILES string of the molecule is CCOC(=O)[C@@H]1C[C@]2(COCCNC(C)=O)C[C@@H]2N1C(=O)CNC(=O)CCCOc1ccccc1. The first-order valence-corrected chi connectivity index (χ1v) is 12.1. The molecule has 1 heterocycles. The predicted octanol–water partition coefficient (Wildman–Crippen LogP) is 1.04. The molecule has 2 N–H and O–H groups in total. The molecule has 1 saturated heterocycles. The number of amides is 3. The molecular formula is C25H35N3O7. The van der Waals surface area contributed by atoms with Gasteiger partial charge in [0.05, 0.1) is 33.0 Å². The van der Waals surface area contributed by atoms with E-state index in [2.05, 4.69) is 10.6 Å². The summed E-state index contributed by atoms with van der Waals surface area (Å²) in [5.41, 5.74) is -0.290. The molecule has 0 unspecified atom stereocenters. The first-order valence-electron chi connectivity index (χ1n) is 12.1. The molecule has 192 valence electrons. The van der Waals surface area contributed by atoms with E-state index in [1.165, 1.54) is 6.92 Å². The van der Waals surface area contributed by atoms with Gasteiger partial charge in [0.2, 0.25) is 17.7 Å². The van der Waals surface area contributed by atoms with Gasteiger partial charge in [0, 0.05) is 31.3 Å². The molecule has 1 aromatic rings. The Labute approximate surface area is 205 Å². The number of para-hydroxylation sites is 1. The third kappa shape index (κ3) is 7.42. The molecule has 0 bridgehead atoms. The van der Waals surface area contributed by atoms with Crippen LogP contribution < -0.4 is 15.4 Å². The molecule has 1 saturated carbocycles. The Morgan fingerprint density at radius 2 is 1.86 bits per heavy atom. The van der Waals surface area contributed by atoms with Crippen LogP contribution in [0.5, 0.6) is 5.75 Å². The molecule has 1 aliphatic heterocycles. The van der Waals surface area contributed by atoms with Crippen LogP contribution in [0.3, 0.4) is 0 Å². The lowest BCUT2D eigenvalue weighted by Crippen LogP contribution is -2.48. The standard InChI is InChI=1S/C25H35N3O7/c1-3-34-24(32)20-14-25(17-33-13-11-26-18(2)29)15-21(25)28(20)23(31)16-27-22(30)10-7-12-35-19-8-5-4-6-9-19/h4-6,8-9,20-21H,3,7,10-17H2,1-2H3,(H,26,29)(H,27,30)/t20-,21-,25+/m0/s1. The number of piperidine rings is 1. The van der Waals surface area contributed by atoms with Crippen molar-refractivity contribution in [2.75, 3.05) is 39.5 Å². The summed E-state index contributed by atoms with van der Waals surface area (Å²) >= 11 is 0. The zero-order valence-electron chi connectivity index (χ0n) is 20.4. The average molecular weight is 490 g/mol. The van der Waals surface area contributed by atoms with Crippen molar-refractivity contribution < 1.29 is 33.4 Å². The molecule has 35 heavy (non-hydrogen) atoms. The van der Waals surface area contributed by atoms with Gasteiger partial charge in [0.25, 0.3) is 0 Å². The Kier molecular flexibility index (Phi) is 9.47. The summed E-state index contributed by atoms with van der Waals surface area (Å²) in [5.74, 6) is -0.365. The Bertz CT molecular complexity index is 894. The van der Waals surface area contributed by atoms with Gasteiger partial charge in [-0.1, -0.05) is 18.2 Å². The van der Waals surface area contributed by atoms with E-state index in [4.69, 9.17) is 14.2 Å². The van der Waals surface area contributed by atoms with E-state index in [1.807, 2.05) is 30.3 Å². The number of carbonyl (C=O) groups excluding carboxylic acids is 4. The number of hydrogen-bond acceptors (Lipinski definition) is 7. The monoisotopic (exact) mass is 489 g/mol. The number of carbonyl (C=O) groups is 4. The van der Waals surface area contributed by atoms with Crippen LogP contribution in [0.2, 0.25) is 0 Å². The van der Waals surface area contributed by atoms with Gasteiger partial charge in [-0.15, -0.1) is 0 Å². The quantitative estimate of drug-likeness (QED) is 0.296. The minimum Gasteiger partial charge on any atom is -0.494 e. The maximum absolute atomic E-state index is 13.0. The van der Waals surface area contributed by atoms with Crippen LogP contribution in [-0.2, 0) is 28.7 Å². The molecular weight excluding hydrogens is 454 g/mol. The number of nitrogens with one attached hydrogen (secondary N) is 2. The molecule has 2 fully saturated rings. The fourth-order valence-electron chi connectivity index (χ4n) is 4.50. The number of nitrogens with zero attached hydrogens (tertiary/aromatic N) is 1. The van der Waals surface area contributed by atoms with Crippen molar-refractivity contribution in [2.24, 2.45) is 5.41 Å². The van der Waals surface area contributed by atoms with Gasteiger partial charge < -0.3 is 29.7 Å². The molecule has 0 radical (unpaired) electrons. The van der Waals surface area contributed by atoms with Crippen LogP contribution in [0.1, 0.15) is 39.5 Å². The van der Waals surface area contributed by atoms with E-state index in [9.17, 15) is 19.2 Å². The molecule has 3 amide bonds. The zero-order chi connectivity index (χ0) is 25.3. The van der Waals surface area contributed by atoms with Crippen LogP contribution in [-0.4, -0.2) is 80.2 Å². The lowest BCUT2D eigenvalue weighted by molar-refractivity contribution is -0.154. The molecule has 1 aromatic carbocycles. The van der Waals surface area contributed by atoms with Gasteiger partial charge in [-0.25, -0.2) is 4.79 Å². The summed E-state index contributed by atoms with van der Waals surface area (Å²) in [6, 6.07) is 8.54. The van der Waals surface area contributed by atoms with Crippen molar-refractivity contribution in [1.29, 1.82) is 0 Å². The summed E-state index contributed by atoms with van der Waals surface area (Å²) in [4.78, 5) is 50.3. The zero-order valence-corrected chi connectivity index (χ0v) is 20.4. The smallest absolute Gasteiger partial charge is 0.328 e. The van der Waals surface area contributed by atoms with Gasteiger partial charge >= 0.3 is 5.97 Å². The average Bonchev–Trinajstić information content (AvgIpc) is 3.44.